The first-order valence-corrected chi connectivity index (χ1v) is 10.3. The molecule has 0 saturated carbocycles. The molecule has 3 N–H and O–H groups in total. The average Bonchev–Trinajstić information content (AvgIpc) is 2.94. The van der Waals surface area contributed by atoms with Crippen molar-refractivity contribution in [2.75, 3.05) is 26.0 Å². The summed E-state index contributed by atoms with van der Waals surface area (Å²) in [6.07, 6.45) is -0.740. The number of aromatic nitrogens is 1. The summed E-state index contributed by atoms with van der Waals surface area (Å²) in [5.41, 5.74) is 2.40. The molecule has 0 aliphatic carbocycles. The summed E-state index contributed by atoms with van der Waals surface area (Å²) in [6.45, 7) is 4.50. The lowest BCUT2D eigenvalue weighted by molar-refractivity contribution is -0.119. The van der Waals surface area contributed by atoms with Gasteiger partial charge in [-0.05, 0) is 50.6 Å². The Balaban J connectivity index is 1.98. The molecule has 29 heavy (non-hydrogen) atoms. The number of carbonyl (C=O) groups excluding carboxylic acids is 2. The number of amides is 1. The van der Waals surface area contributed by atoms with Gasteiger partial charge in [-0.3, -0.25) is 4.79 Å². The molecule has 2 rings (SSSR count). The second-order valence-electron chi connectivity index (χ2n) is 6.78. The lowest BCUT2D eigenvalue weighted by Crippen LogP contribution is -2.23. The van der Waals surface area contributed by atoms with Crippen LogP contribution in [0.2, 0.25) is 0 Å². The quantitative estimate of drug-likeness (QED) is 0.582. The second-order valence-corrected chi connectivity index (χ2v) is 8.93. The van der Waals surface area contributed by atoms with E-state index in [0.717, 1.165) is 4.31 Å². The maximum absolute atomic E-state index is 12.2. The number of hydrogen-bond acceptors (Lipinski definition) is 6. The van der Waals surface area contributed by atoms with Crippen LogP contribution >= 0.6 is 0 Å². The van der Waals surface area contributed by atoms with Crippen LogP contribution in [0.3, 0.4) is 0 Å². The molecule has 0 fully saturated rings. The highest BCUT2D eigenvalue weighted by atomic mass is 32.2. The van der Waals surface area contributed by atoms with Crippen molar-refractivity contribution in [1.29, 1.82) is 0 Å². The van der Waals surface area contributed by atoms with Gasteiger partial charge in [0.15, 0.2) is 6.61 Å². The second kappa shape index (κ2) is 8.76. The number of carbonyl (C=O) groups is 2. The number of sulfonamides is 1. The number of rotatable bonds is 7. The number of aliphatic hydroxyl groups excluding tert-OH is 1. The highest BCUT2D eigenvalue weighted by Crippen LogP contribution is 2.24. The minimum atomic E-state index is -3.56. The van der Waals surface area contributed by atoms with Crippen molar-refractivity contribution in [3.05, 3.63) is 46.8 Å². The van der Waals surface area contributed by atoms with Crippen molar-refractivity contribution < 1.29 is 27.9 Å². The van der Waals surface area contributed by atoms with E-state index in [1.807, 2.05) is 0 Å². The molecular weight excluding hydrogens is 398 g/mol. The fourth-order valence-electron chi connectivity index (χ4n) is 2.92. The first-order valence-electron chi connectivity index (χ1n) is 8.81. The van der Waals surface area contributed by atoms with Gasteiger partial charge in [-0.2, -0.15) is 0 Å². The number of H-pyrrole nitrogens is 1. The predicted octanol–water partition coefficient (Wildman–Crippen LogP) is 1.73. The van der Waals surface area contributed by atoms with Gasteiger partial charge in [-0.15, -0.1) is 0 Å². The van der Waals surface area contributed by atoms with Crippen LogP contribution in [0, 0.1) is 13.8 Å². The predicted molar refractivity (Wildman–Crippen MR) is 107 cm³/mol. The Kier molecular flexibility index (Phi) is 6.83. The van der Waals surface area contributed by atoms with Gasteiger partial charge in [0.1, 0.15) is 5.69 Å². The van der Waals surface area contributed by atoms with Gasteiger partial charge in [0.05, 0.1) is 11.0 Å². The molecule has 0 bridgehead atoms. The molecule has 0 saturated heterocycles. The van der Waals surface area contributed by atoms with Crippen molar-refractivity contribution in [3.63, 3.8) is 0 Å². The van der Waals surface area contributed by atoms with Gasteiger partial charge >= 0.3 is 5.97 Å². The molecule has 10 heteroatoms. The van der Waals surface area contributed by atoms with E-state index in [-0.39, 0.29) is 10.6 Å². The van der Waals surface area contributed by atoms with Crippen molar-refractivity contribution in [2.45, 2.75) is 31.8 Å². The Morgan fingerprint density at radius 1 is 1.21 bits per heavy atom. The van der Waals surface area contributed by atoms with Crippen molar-refractivity contribution >= 4 is 27.6 Å². The van der Waals surface area contributed by atoms with Crippen LogP contribution in [-0.2, 0) is 19.6 Å². The molecule has 1 aromatic heterocycles. The molecule has 1 atom stereocenters. The Hall–Kier alpha value is -2.69. The molecular formula is C19H25N3O6S. The number of aryl methyl sites for hydroxylation is 1. The Bertz CT molecular complexity index is 1010. The maximum atomic E-state index is 12.2. The summed E-state index contributed by atoms with van der Waals surface area (Å²) in [4.78, 5) is 27.2. The van der Waals surface area contributed by atoms with Crippen LogP contribution < -0.4 is 5.32 Å². The molecule has 0 radical (unpaired) electrons. The molecule has 2 aromatic rings. The molecule has 1 heterocycles. The normalized spacial score (nSPS) is 12.7. The number of benzene rings is 1. The molecule has 0 unspecified atom stereocenters. The molecule has 1 aromatic carbocycles. The van der Waals surface area contributed by atoms with Crippen LogP contribution in [0.25, 0.3) is 0 Å². The number of hydrogen-bond donors (Lipinski definition) is 3. The largest absolute Gasteiger partial charge is 0.451 e. The monoisotopic (exact) mass is 423 g/mol. The zero-order valence-electron chi connectivity index (χ0n) is 16.9. The molecule has 9 nitrogen and oxygen atoms in total. The molecule has 158 valence electrons. The van der Waals surface area contributed by atoms with E-state index in [0.29, 0.717) is 22.5 Å². The number of nitrogens with one attached hydrogen (secondary N) is 2. The highest BCUT2D eigenvalue weighted by Gasteiger charge is 2.22. The number of ether oxygens (including phenoxy) is 1. The molecule has 1 amide bonds. The number of aliphatic hydroxyl groups is 1. The number of aromatic amines is 1. The van der Waals surface area contributed by atoms with Crippen molar-refractivity contribution in [1.82, 2.24) is 9.29 Å². The number of esters is 1. The lowest BCUT2D eigenvalue weighted by Gasteiger charge is -2.12. The first-order chi connectivity index (χ1) is 13.4. The summed E-state index contributed by atoms with van der Waals surface area (Å²) in [5.74, 6) is -1.28. The molecule has 0 spiro atoms. The third-order valence-corrected chi connectivity index (χ3v) is 6.20. The van der Waals surface area contributed by atoms with Gasteiger partial charge in [-0.25, -0.2) is 17.5 Å². The molecule has 0 aliphatic rings. The topological polar surface area (TPSA) is 129 Å². The van der Waals surface area contributed by atoms with Crippen LogP contribution in [0.15, 0.2) is 29.2 Å². The fourth-order valence-corrected chi connectivity index (χ4v) is 3.82. The van der Waals surface area contributed by atoms with Gasteiger partial charge in [0.25, 0.3) is 5.91 Å². The van der Waals surface area contributed by atoms with E-state index < -0.39 is 34.6 Å². The van der Waals surface area contributed by atoms with Gasteiger partial charge in [0.2, 0.25) is 10.0 Å². The van der Waals surface area contributed by atoms with Crippen molar-refractivity contribution in [3.8, 4) is 0 Å². The summed E-state index contributed by atoms with van der Waals surface area (Å²) in [6, 6.07) is 5.65. The number of anilines is 1. The maximum Gasteiger partial charge on any atom is 0.355 e. The van der Waals surface area contributed by atoms with Crippen molar-refractivity contribution in [2.24, 2.45) is 0 Å². The highest BCUT2D eigenvalue weighted by molar-refractivity contribution is 7.89. The minimum Gasteiger partial charge on any atom is -0.451 e. The third kappa shape index (κ3) is 5.03. The fraction of sp³-hybridized carbons (Fsp3) is 0.368. The van der Waals surface area contributed by atoms with E-state index in [4.69, 9.17) is 4.74 Å². The van der Waals surface area contributed by atoms with E-state index >= 15 is 0 Å². The van der Waals surface area contributed by atoms with Crippen LogP contribution in [-0.4, -0.2) is 55.4 Å². The SMILES string of the molecule is Cc1[nH]c(C(=O)OCC(=O)Nc2ccc(S(=O)(=O)N(C)C)cc2)c(C)c1[C@H](C)O. The Morgan fingerprint density at radius 3 is 2.28 bits per heavy atom. The zero-order valence-corrected chi connectivity index (χ0v) is 17.8. The Morgan fingerprint density at radius 2 is 1.79 bits per heavy atom. The van der Waals surface area contributed by atoms with Gasteiger partial charge in [-0.1, -0.05) is 0 Å². The number of nitrogens with zero attached hydrogens (tertiary/aromatic N) is 1. The van der Waals surface area contributed by atoms with Crippen LogP contribution in [0.1, 0.15) is 40.3 Å². The minimum absolute atomic E-state index is 0.0958. The smallest absolute Gasteiger partial charge is 0.355 e. The van der Waals surface area contributed by atoms with E-state index in [1.54, 1.807) is 20.8 Å². The van der Waals surface area contributed by atoms with Gasteiger partial charge < -0.3 is 20.1 Å². The van der Waals surface area contributed by atoms with Gasteiger partial charge in [0, 0.05) is 31.0 Å². The Labute approximate surface area is 169 Å². The lowest BCUT2D eigenvalue weighted by atomic mass is 10.1. The summed E-state index contributed by atoms with van der Waals surface area (Å²) < 4.78 is 30.2. The zero-order chi connectivity index (χ0) is 21.9. The van der Waals surface area contributed by atoms with Crippen LogP contribution in [0.5, 0.6) is 0 Å². The first kappa shape index (κ1) is 22.6. The van der Waals surface area contributed by atoms with Crippen LogP contribution in [0.4, 0.5) is 5.69 Å². The summed E-state index contributed by atoms with van der Waals surface area (Å²) in [7, 11) is -0.701. The van der Waals surface area contributed by atoms with E-state index in [1.165, 1.54) is 38.4 Å². The average molecular weight is 423 g/mol. The standard InChI is InChI=1S/C19H25N3O6S/c1-11-17(13(3)23)12(2)20-18(11)19(25)28-10-16(24)21-14-6-8-15(9-7-14)29(26,27)22(4)5/h6-9,13,20,23H,10H2,1-5H3,(H,21,24)/t13-/m0/s1. The van der Waals surface area contributed by atoms with E-state index in [9.17, 15) is 23.1 Å². The third-order valence-electron chi connectivity index (χ3n) is 4.37. The summed E-state index contributed by atoms with van der Waals surface area (Å²) in [5, 5.41) is 12.3. The summed E-state index contributed by atoms with van der Waals surface area (Å²) >= 11 is 0. The van der Waals surface area contributed by atoms with E-state index in [2.05, 4.69) is 10.3 Å². The molecule has 0 aliphatic heterocycles.